The fourth-order valence-electron chi connectivity index (χ4n) is 3.49. The number of rotatable bonds is 4. The Labute approximate surface area is 165 Å². The lowest BCUT2D eigenvalue weighted by Crippen LogP contribution is -2.34. The average molecular weight is 426 g/mol. The predicted octanol–water partition coefficient (Wildman–Crippen LogP) is 2.70. The molecule has 1 aromatic carbocycles. The first-order chi connectivity index (χ1) is 13.7. The Hall–Kier alpha value is -2.26. The van der Waals surface area contributed by atoms with Crippen LogP contribution in [-0.4, -0.2) is 22.3 Å². The molecule has 0 bridgehead atoms. The van der Waals surface area contributed by atoms with E-state index < -0.39 is 37.2 Å². The minimum absolute atomic E-state index is 0.0887. The predicted molar refractivity (Wildman–Crippen MR) is 99.3 cm³/mol. The van der Waals surface area contributed by atoms with Crippen LogP contribution in [-0.2, 0) is 25.0 Å². The van der Waals surface area contributed by atoms with Crippen LogP contribution >= 0.6 is 7.82 Å². The number of aromatic amines is 1. The number of hydrogen-bond acceptors (Lipinski definition) is 7. The van der Waals surface area contributed by atoms with Gasteiger partial charge in [0.25, 0.3) is 5.56 Å². The number of halogens is 1. The summed E-state index contributed by atoms with van der Waals surface area (Å²) in [5, 5.41) is 0. The van der Waals surface area contributed by atoms with Crippen molar-refractivity contribution in [3.63, 3.8) is 0 Å². The molecular formula is C18H20FN2O7P. The van der Waals surface area contributed by atoms with E-state index in [0.717, 1.165) is 27.5 Å². The fourth-order valence-corrected chi connectivity index (χ4v) is 4.80. The summed E-state index contributed by atoms with van der Waals surface area (Å²) in [5.41, 5.74) is 0.833. The molecule has 1 saturated heterocycles. The summed E-state index contributed by atoms with van der Waals surface area (Å²) in [4.78, 5) is 24.9. The highest BCUT2D eigenvalue weighted by molar-refractivity contribution is 7.49. The van der Waals surface area contributed by atoms with Crippen LogP contribution < -0.4 is 15.8 Å². The van der Waals surface area contributed by atoms with E-state index in [1.54, 1.807) is 0 Å². The molecule has 2 aliphatic rings. The van der Waals surface area contributed by atoms with Crippen LogP contribution in [0, 0.1) is 19.7 Å². The van der Waals surface area contributed by atoms with Crippen LogP contribution in [0.5, 0.6) is 5.75 Å². The highest BCUT2D eigenvalue weighted by Crippen LogP contribution is 2.55. The van der Waals surface area contributed by atoms with Gasteiger partial charge < -0.3 is 9.26 Å². The third kappa shape index (κ3) is 4.06. The SMILES string of the molecule is Cc1cc(C)c2c(c1)COP(=O)(OCC1CCC(n3cc(F)c(=O)[nH]c3=O)O1)O2. The molecule has 1 aromatic heterocycles. The van der Waals surface area contributed by atoms with Crippen LogP contribution in [0.2, 0.25) is 0 Å². The molecule has 1 N–H and O–H groups in total. The summed E-state index contributed by atoms with van der Waals surface area (Å²) in [5.74, 6) is -0.587. The fraction of sp³-hybridized carbons (Fsp3) is 0.444. The van der Waals surface area contributed by atoms with Gasteiger partial charge in [0, 0.05) is 5.56 Å². The van der Waals surface area contributed by atoms with Crippen molar-refractivity contribution in [2.45, 2.75) is 45.6 Å². The van der Waals surface area contributed by atoms with E-state index in [4.69, 9.17) is 18.3 Å². The highest BCUT2D eigenvalue weighted by atomic mass is 31.2. The van der Waals surface area contributed by atoms with Gasteiger partial charge in [-0.3, -0.25) is 23.4 Å². The largest absolute Gasteiger partial charge is 0.530 e. The minimum Gasteiger partial charge on any atom is -0.403 e. The van der Waals surface area contributed by atoms with Gasteiger partial charge in [0.05, 0.1) is 25.5 Å². The summed E-state index contributed by atoms with van der Waals surface area (Å²) in [6.07, 6.45) is 0.425. The van der Waals surface area contributed by atoms with E-state index in [0.29, 0.717) is 18.6 Å². The average Bonchev–Trinajstić information content (AvgIpc) is 3.13. The first-order valence-corrected chi connectivity index (χ1v) is 10.6. The van der Waals surface area contributed by atoms with Crippen molar-refractivity contribution in [3.8, 4) is 5.75 Å². The maximum Gasteiger partial charge on any atom is 0.530 e. The summed E-state index contributed by atoms with van der Waals surface area (Å²) >= 11 is 0. The first-order valence-electron chi connectivity index (χ1n) is 9.09. The van der Waals surface area contributed by atoms with Crippen molar-refractivity contribution in [2.75, 3.05) is 6.61 Å². The van der Waals surface area contributed by atoms with Crippen molar-refractivity contribution < 1.29 is 27.3 Å². The number of nitrogens with zero attached hydrogens (tertiary/aromatic N) is 1. The highest BCUT2D eigenvalue weighted by Gasteiger charge is 2.37. The number of benzene rings is 1. The number of fused-ring (bicyclic) bond motifs is 1. The number of aromatic nitrogens is 2. The molecule has 3 heterocycles. The van der Waals surface area contributed by atoms with E-state index in [9.17, 15) is 18.5 Å². The lowest BCUT2D eigenvalue weighted by atomic mass is 10.1. The van der Waals surface area contributed by atoms with Gasteiger partial charge in [0.15, 0.2) is 0 Å². The number of hydrogen-bond donors (Lipinski definition) is 1. The third-order valence-corrected chi connectivity index (χ3v) is 6.13. The van der Waals surface area contributed by atoms with Gasteiger partial charge in [-0.1, -0.05) is 17.7 Å². The molecule has 29 heavy (non-hydrogen) atoms. The van der Waals surface area contributed by atoms with Crippen LogP contribution in [0.3, 0.4) is 0 Å². The molecule has 0 spiro atoms. The zero-order chi connectivity index (χ0) is 20.8. The Morgan fingerprint density at radius 1 is 1.31 bits per heavy atom. The number of phosphoric acid groups is 1. The van der Waals surface area contributed by atoms with Crippen molar-refractivity contribution in [1.29, 1.82) is 0 Å². The lowest BCUT2D eigenvalue weighted by Gasteiger charge is -2.27. The van der Waals surface area contributed by atoms with Gasteiger partial charge in [0.1, 0.15) is 12.0 Å². The number of H-pyrrole nitrogens is 1. The Morgan fingerprint density at radius 2 is 2.10 bits per heavy atom. The molecule has 0 radical (unpaired) electrons. The number of phosphoric ester groups is 1. The van der Waals surface area contributed by atoms with E-state index in [2.05, 4.69) is 0 Å². The second-order valence-corrected chi connectivity index (χ2v) is 8.70. The van der Waals surface area contributed by atoms with Gasteiger partial charge >= 0.3 is 13.5 Å². The molecule has 0 aliphatic carbocycles. The smallest absolute Gasteiger partial charge is 0.403 e. The maximum absolute atomic E-state index is 13.5. The molecule has 0 amide bonds. The molecule has 4 rings (SSSR count). The van der Waals surface area contributed by atoms with Crippen molar-refractivity contribution >= 4 is 7.82 Å². The van der Waals surface area contributed by atoms with Gasteiger partial charge in [-0.05, 0) is 32.3 Å². The van der Waals surface area contributed by atoms with E-state index in [-0.39, 0.29) is 13.2 Å². The van der Waals surface area contributed by atoms with Crippen molar-refractivity contribution in [1.82, 2.24) is 9.55 Å². The van der Waals surface area contributed by atoms with Gasteiger partial charge in [-0.2, -0.15) is 4.39 Å². The van der Waals surface area contributed by atoms with E-state index in [1.165, 1.54) is 0 Å². The molecule has 1 fully saturated rings. The van der Waals surface area contributed by atoms with Crippen LogP contribution in [0.15, 0.2) is 27.9 Å². The lowest BCUT2D eigenvalue weighted by molar-refractivity contribution is -0.0268. The number of ether oxygens (including phenoxy) is 1. The van der Waals surface area contributed by atoms with Crippen LogP contribution in [0.4, 0.5) is 4.39 Å². The summed E-state index contributed by atoms with van der Waals surface area (Å²) in [6, 6.07) is 3.82. The van der Waals surface area contributed by atoms with Crippen molar-refractivity contribution in [2.24, 2.45) is 0 Å². The van der Waals surface area contributed by atoms with Crippen molar-refractivity contribution in [3.05, 3.63) is 61.7 Å². The van der Waals surface area contributed by atoms with Crippen LogP contribution in [0.25, 0.3) is 0 Å². The molecule has 156 valence electrons. The van der Waals surface area contributed by atoms with Gasteiger partial charge in [0.2, 0.25) is 5.82 Å². The molecule has 2 aromatic rings. The maximum atomic E-state index is 13.5. The number of nitrogens with one attached hydrogen (secondary N) is 1. The Morgan fingerprint density at radius 3 is 2.90 bits per heavy atom. The Kier molecular flexibility index (Phi) is 5.20. The molecular weight excluding hydrogens is 406 g/mol. The molecule has 11 heteroatoms. The van der Waals surface area contributed by atoms with E-state index >= 15 is 0 Å². The Balaban J connectivity index is 1.40. The first kappa shape index (κ1) is 20.0. The second-order valence-electron chi connectivity index (χ2n) is 7.11. The summed E-state index contributed by atoms with van der Waals surface area (Å²) in [7, 11) is -3.81. The molecule has 3 unspecified atom stereocenters. The monoisotopic (exact) mass is 426 g/mol. The molecule has 9 nitrogen and oxygen atoms in total. The summed E-state index contributed by atoms with van der Waals surface area (Å²) < 4.78 is 49.2. The van der Waals surface area contributed by atoms with Crippen LogP contribution in [0.1, 0.15) is 35.8 Å². The zero-order valence-electron chi connectivity index (χ0n) is 15.8. The normalized spacial score (nSPS) is 26.2. The molecule has 3 atom stereocenters. The standard InChI is InChI=1S/C18H20FN2O7P/c1-10-5-11(2)16-12(6-10)8-25-29(24,28-16)26-9-13-3-4-15(27-13)21-7-14(19)17(22)20-18(21)23/h5-7,13,15H,3-4,8-9H2,1-2H3,(H,20,22,23). The van der Waals surface area contributed by atoms with Gasteiger partial charge in [-0.15, -0.1) is 0 Å². The minimum atomic E-state index is -3.81. The third-order valence-electron chi connectivity index (χ3n) is 4.82. The quantitative estimate of drug-likeness (QED) is 0.749. The topological polar surface area (TPSA) is 109 Å². The van der Waals surface area contributed by atoms with E-state index in [1.807, 2.05) is 31.0 Å². The van der Waals surface area contributed by atoms with Gasteiger partial charge in [-0.25, -0.2) is 9.36 Å². The molecule has 2 aliphatic heterocycles. The molecule has 0 saturated carbocycles. The summed E-state index contributed by atoms with van der Waals surface area (Å²) in [6.45, 7) is 3.82. The Bertz CT molecular complexity index is 1110. The second kappa shape index (κ2) is 7.53. The number of aryl methyl sites for hydroxylation is 2. The zero-order valence-corrected chi connectivity index (χ0v) is 16.7.